The van der Waals surface area contributed by atoms with Gasteiger partial charge in [0.2, 0.25) is 16.9 Å². The predicted molar refractivity (Wildman–Crippen MR) is 96.7 cm³/mol. The average Bonchev–Trinajstić information content (AvgIpc) is 3.34. The fraction of sp³-hybridized carbons (Fsp3) is 0.0667. The van der Waals surface area contributed by atoms with Gasteiger partial charge >= 0.3 is 0 Å². The summed E-state index contributed by atoms with van der Waals surface area (Å²) in [5, 5.41) is 18.0. The number of aromatic nitrogens is 5. The third-order valence-corrected chi connectivity index (χ3v) is 5.52. The summed E-state index contributed by atoms with van der Waals surface area (Å²) in [6, 6.07) is 11.7. The fourth-order valence-corrected chi connectivity index (χ4v) is 3.77. The number of halogens is 1. The lowest BCUT2D eigenvalue weighted by Gasteiger charge is -1.97. The Morgan fingerprint density at radius 3 is 2.92 bits per heavy atom. The molecule has 0 unspecified atom stereocenters. The van der Waals surface area contributed by atoms with Crippen LogP contribution in [-0.2, 0) is 5.75 Å². The minimum Gasteiger partial charge on any atom is -0.420 e. The van der Waals surface area contributed by atoms with E-state index in [1.54, 1.807) is 11.3 Å². The standard InChI is InChI=1S/C15H10BrN5OS2/c16-10-5-2-1-4-9(10)14-20-18-12(22-14)8-24-15-17-13(19-21-15)11-6-3-7-23-11/h1-7H,8H2,(H,17,19,21). The number of rotatable bonds is 5. The average molecular weight is 420 g/mol. The van der Waals surface area contributed by atoms with Crippen LogP contribution in [0.5, 0.6) is 0 Å². The van der Waals surface area contributed by atoms with Crippen LogP contribution in [0.1, 0.15) is 5.89 Å². The van der Waals surface area contributed by atoms with Crippen molar-refractivity contribution in [3.05, 3.63) is 52.1 Å². The second-order valence-electron chi connectivity index (χ2n) is 4.71. The molecule has 0 aliphatic rings. The Labute approximate surface area is 153 Å². The van der Waals surface area contributed by atoms with Crippen LogP contribution in [0.4, 0.5) is 0 Å². The molecule has 0 aliphatic carbocycles. The van der Waals surface area contributed by atoms with Gasteiger partial charge in [0.05, 0.1) is 16.2 Å². The minimum absolute atomic E-state index is 0.493. The molecule has 0 fully saturated rings. The molecule has 0 saturated heterocycles. The Hall–Kier alpha value is -1.97. The zero-order chi connectivity index (χ0) is 16.4. The topological polar surface area (TPSA) is 80.5 Å². The molecule has 0 amide bonds. The molecule has 0 radical (unpaired) electrons. The van der Waals surface area contributed by atoms with Gasteiger partial charge < -0.3 is 4.42 Å². The van der Waals surface area contributed by atoms with E-state index in [1.807, 2.05) is 41.8 Å². The van der Waals surface area contributed by atoms with Gasteiger partial charge in [-0.1, -0.05) is 30.0 Å². The number of thiophene rings is 1. The number of nitrogens with zero attached hydrogens (tertiary/aromatic N) is 4. The van der Waals surface area contributed by atoms with Crippen molar-refractivity contribution in [2.24, 2.45) is 0 Å². The van der Waals surface area contributed by atoms with Gasteiger partial charge in [-0.2, -0.15) is 0 Å². The van der Waals surface area contributed by atoms with E-state index in [4.69, 9.17) is 4.42 Å². The maximum absolute atomic E-state index is 5.71. The Balaban J connectivity index is 1.45. The molecular formula is C15H10BrN5OS2. The molecule has 1 N–H and O–H groups in total. The number of hydrogen-bond acceptors (Lipinski definition) is 7. The van der Waals surface area contributed by atoms with Crippen molar-refractivity contribution in [3.8, 4) is 22.2 Å². The van der Waals surface area contributed by atoms with Crippen LogP contribution in [0.3, 0.4) is 0 Å². The van der Waals surface area contributed by atoms with E-state index in [0.717, 1.165) is 20.7 Å². The van der Waals surface area contributed by atoms with Gasteiger partial charge in [-0.05, 0) is 39.5 Å². The second kappa shape index (κ2) is 6.88. The van der Waals surface area contributed by atoms with E-state index in [1.165, 1.54) is 11.8 Å². The van der Waals surface area contributed by atoms with Gasteiger partial charge in [0.1, 0.15) is 0 Å². The smallest absolute Gasteiger partial charge is 0.248 e. The number of nitrogens with one attached hydrogen (secondary N) is 1. The molecular weight excluding hydrogens is 410 g/mol. The first-order chi connectivity index (χ1) is 11.8. The number of thioether (sulfide) groups is 1. The van der Waals surface area contributed by atoms with E-state index < -0.39 is 0 Å². The van der Waals surface area contributed by atoms with Crippen molar-refractivity contribution in [1.82, 2.24) is 25.4 Å². The molecule has 24 heavy (non-hydrogen) atoms. The normalized spacial score (nSPS) is 11.0. The van der Waals surface area contributed by atoms with Crippen molar-refractivity contribution in [2.75, 3.05) is 0 Å². The molecule has 0 atom stereocenters. The monoisotopic (exact) mass is 419 g/mol. The van der Waals surface area contributed by atoms with Gasteiger partial charge in [0, 0.05) is 4.47 Å². The van der Waals surface area contributed by atoms with E-state index >= 15 is 0 Å². The largest absolute Gasteiger partial charge is 0.420 e. The van der Waals surface area contributed by atoms with Crippen molar-refractivity contribution in [1.29, 1.82) is 0 Å². The van der Waals surface area contributed by atoms with E-state index in [0.29, 0.717) is 22.7 Å². The number of H-pyrrole nitrogens is 1. The van der Waals surface area contributed by atoms with Crippen molar-refractivity contribution in [2.45, 2.75) is 10.9 Å². The summed E-state index contributed by atoms with van der Waals surface area (Å²) >= 11 is 6.55. The van der Waals surface area contributed by atoms with E-state index in [9.17, 15) is 0 Å². The highest BCUT2D eigenvalue weighted by Crippen LogP contribution is 2.28. The Kier molecular flexibility index (Phi) is 4.46. The number of hydrogen-bond donors (Lipinski definition) is 1. The molecule has 1 aromatic carbocycles. The summed E-state index contributed by atoms with van der Waals surface area (Å²) in [4.78, 5) is 5.51. The number of benzene rings is 1. The second-order valence-corrected chi connectivity index (χ2v) is 7.46. The quantitative estimate of drug-likeness (QED) is 0.474. The van der Waals surface area contributed by atoms with Crippen LogP contribution in [0.15, 0.2) is 55.8 Å². The van der Waals surface area contributed by atoms with Crippen molar-refractivity contribution >= 4 is 39.0 Å². The van der Waals surface area contributed by atoms with Gasteiger partial charge in [0.25, 0.3) is 0 Å². The van der Waals surface area contributed by atoms with Crippen LogP contribution in [0.2, 0.25) is 0 Å². The van der Waals surface area contributed by atoms with Crippen molar-refractivity contribution in [3.63, 3.8) is 0 Å². The third-order valence-electron chi connectivity index (χ3n) is 3.12. The highest BCUT2D eigenvalue weighted by atomic mass is 79.9. The lowest BCUT2D eigenvalue weighted by atomic mass is 10.2. The molecule has 3 heterocycles. The zero-order valence-corrected chi connectivity index (χ0v) is 15.4. The van der Waals surface area contributed by atoms with Gasteiger partial charge in [-0.3, -0.25) is 5.10 Å². The molecule has 4 aromatic rings. The van der Waals surface area contributed by atoms with Crippen molar-refractivity contribution < 1.29 is 4.42 Å². The molecule has 0 saturated carbocycles. The predicted octanol–water partition coefficient (Wildman–Crippen LogP) is 4.64. The SMILES string of the molecule is Brc1ccccc1-c1nnc(CSc2n[nH]c(-c3cccs3)n2)o1. The summed E-state index contributed by atoms with van der Waals surface area (Å²) in [6.45, 7) is 0. The van der Waals surface area contributed by atoms with Crippen LogP contribution >= 0.6 is 39.0 Å². The molecule has 3 aromatic heterocycles. The van der Waals surface area contributed by atoms with Crippen LogP contribution in [0.25, 0.3) is 22.2 Å². The molecule has 0 aliphatic heterocycles. The Morgan fingerprint density at radius 1 is 1.17 bits per heavy atom. The Bertz CT molecular complexity index is 950. The third kappa shape index (κ3) is 3.28. The molecule has 120 valence electrons. The maximum atomic E-state index is 5.71. The van der Waals surface area contributed by atoms with Gasteiger partial charge in [-0.25, -0.2) is 4.98 Å². The van der Waals surface area contributed by atoms with Crippen LogP contribution in [0, 0.1) is 0 Å². The summed E-state index contributed by atoms with van der Waals surface area (Å²) < 4.78 is 6.63. The highest BCUT2D eigenvalue weighted by Gasteiger charge is 2.13. The van der Waals surface area contributed by atoms with E-state index in [-0.39, 0.29) is 0 Å². The van der Waals surface area contributed by atoms with Gasteiger partial charge in [-0.15, -0.1) is 26.6 Å². The lowest BCUT2D eigenvalue weighted by molar-refractivity contribution is 0.528. The van der Waals surface area contributed by atoms with E-state index in [2.05, 4.69) is 41.3 Å². The van der Waals surface area contributed by atoms with Crippen LogP contribution in [-0.4, -0.2) is 25.4 Å². The summed E-state index contributed by atoms with van der Waals surface area (Å²) in [5.41, 5.74) is 0.874. The Morgan fingerprint density at radius 2 is 2.08 bits per heavy atom. The van der Waals surface area contributed by atoms with Gasteiger partial charge in [0.15, 0.2) is 5.82 Å². The highest BCUT2D eigenvalue weighted by molar-refractivity contribution is 9.10. The molecule has 9 heteroatoms. The summed E-state index contributed by atoms with van der Waals surface area (Å²) in [7, 11) is 0. The summed E-state index contributed by atoms with van der Waals surface area (Å²) in [5.74, 6) is 2.31. The fourth-order valence-electron chi connectivity index (χ4n) is 2.02. The minimum atomic E-state index is 0.493. The molecule has 6 nitrogen and oxygen atoms in total. The molecule has 0 bridgehead atoms. The first-order valence-corrected chi connectivity index (χ1v) is 9.62. The lowest BCUT2D eigenvalue weighted by Crippen LogP contribution is -1.82. The molecule has 4 rings (SSSR count). The van der Waals surface area contributed by atoms with Crippen LogP contribution < -0.4 is 0 Å². The first kappa shape index (κ1) is 15.6. The first-order valence-electron chi connectivity index (χ1n) is 6.96. The summed E-state index contributed by atoms with van der Waals surface area (Å²) in [6.07, 6.45) is 0. The molecule has 0 spiro atoms. The maximum Gasteiger partial charge on any atom is 0.248 e. The number of aromatic amines is 1. The zero-order valence-electron chi connectivity index (χ0n) is 12.1.